The summed E-state index contributed by atoms with van der Waals surface area (Å²) in [5.41, 5.74) is 5.65. The molecule has 90 valence electrons. The number of ketones is 1. The maximum Gasteiger partial charge on any atom is 0.142 e. The summed E-state index contributed by atoms with van der Waals surface area (Å²) in [5, 5.41) is 0. The number of carbonyl (C=O) groups excluding carboxylic acids is 1. The van der Waals surface area contributed by atoms with Gasteiger partial charge in [0.05, 0.1) is 3.79 Å². The summed E-state index contributed by atoms with van der Waals surface area (Å²) in [6.45, 7) is 4.71. The van der Waals surface area contributed by atoms with Gasteiger partial charge in [0.2, 0.25) is 0 Å². The highest BCUT2D eigenvalue weighted by molar-refractivity contribution is 9.11. The van der Waals surface area contributed by atoms with Crippen molar-refractivity contribution < 1.29 is 4.79 Å². The smallest absolute Gasteiger partial charge is 0.142 e. The highest BCUT2D eigenvalue weighted by Gasteiger charge is 2.18. The molecule has 0 fully saturated rings. The van der Waals surface area contributed by atoms with Gasteiger partial charge in [0, 0.05) is 23.8 Å². The number of hydrogen-bond acceptors (Lipinski definition) is 3. The summed E-state index contributed by atoms with van der Waals surface area (Å²) in [4.78, 5) is 13.1. The van der Waals surface area contributed by atoms with E-state index in [9.17, 15) is 4.79 Å². The van der Waals surface area contributed by atoms with E-state index >= 15 is 0 Å². The lowest BCUT2D eigenvalue weighted by molar-refractivity contribution is -0.122. The van der Waals surface area contributed by atoms with E-state index in [-0.39, 0.29) is 11.7 Å². The number of carbonyl (C=O) groups is 1. The van der Waals surface area contributed by atoms with Crippen molar-refractivity contribution in [2.45, 2.75) is 26.7 Å². The van der Waals surface area contributed by atoms with Crippen LogP contribution in [0.4, 0.5) is 0 Å². The van der Waals surface area contributed by atoms with Crippen molar-refractivity contribution in [3.8, 4) is 0 Å². The fraction of sp³-hybridized carbons (Fsp3) is 0.583. The Morgan fingerprint density at radius 1 is 1.50 bits per heavy atom. The van der Waals surface area contributed by atoms with Gasteiger partial charge in [-0.25, -0.2) is 0 Å². The highest BCUT2D eigenvalue weighted by atomic mass is 79.9. The first kappa shape index (κ1) is 13.9. The normalized spacial score (nSPS) is 13.1. The van der Waals surface area contributed by atoms with Gasteiger partial charge in [-0.15, -0.1) is 11.3 Å². The molecule has 0 spiro atoms. The predicted octanol–water partition coefficient (Wildman–Crippen LogP) is 3.24. The molecule has 16 heavy (non-hydrogen) atoms. The van der Waals surface area contributed by atoms with Crippen molar-refractivity contribution in [2.75, 3.05) is 6.54 Å². The van der Waals surface area contributed by atoms with E-state index in [1.807, 2.05) is 12.1 Å². The molecule has 0 radical (unpaired) electrons. The molecule has 1 rings (SSSR count). The van der Waals surface area contributed by atoms with Gasteiger partial charge < -0.3 is 5.73 Å². The second-order valence-corrected chi connectivity index (χ2v) is 6.96. The number of Topliss-reactive ketones (excluding diaryl/α,β-unsaturated/α-hetero) is 1. The Kier molecular flexibility index (Phi) is 5.66. The van der Waals surface area contributed by atoms with Crippen LogP contribution >= 0.6 is 27.3 Å². The zero-order chi connectivity index (χ0) is 12.1. The fourth-order valence-electron chi connectivity index (χ4n) is 1.69. The standard InChI is InChI=1S/C12H18BrNOS/c1-8(2)5-9(7-14)11(15)6-10-3-4-12(13)16-10/h3-4,8-9H,5-7,14H2,1-2H3. The molecular formula is C12H18BrNOS. The molecule has 0 aliphatic rings. The van der Waals surface area contributed by atoms with E-state index in [0.717, 1.165) is 15.1 Å². The van der Waals surface area contributed by atoms with Crippen LogP contribution < -0.4 is 5.73 Å². The molecule has 1 heterocycles. The van der Waals surface area contributed by atoms with Crippen LogP contribution in [0.5, 0.6) is 0 Å². The summed E-state index contributed by atoms with van der Waals surface area (Å²) >= 11 is 5.02. The van der Waals surface area contributed by atoms with E-state index in [1.165, 1.54) is 0 Å². The van der Waals surface area contributed by atoms with Crippen LogP contribution in [0.15, 0.2) is 15.9 Å². The number of rotatable bonds is 6. The second kappa shape index (κ2) is 6.52. The molecule has 1 atom stereocenters. The van der Waals surface area contributed by atoms with Crippen molar-refractivity contribution >= 4 is 33.0 Å². The van der Waals surface area contributed by atoms with Crippen LogP contribution in [-0.2, 0) is 11.2 Å². The molecule has 0 aliphatic heterocycles. The van der Waals surface area contributed by atoms with Gasteiger partial charge in [-0.05, 0) is 40.4 Å². The zero-order valence-electron chi connectivity index (χ0n) is 9.70. The van der Waals surface area contributed by atoms with Crippen LogP contribution in [0.25, 0.3) is 0 Å². The first-order valence-electron chi connectivity index (χ1n) is 5.50. The second-order valence-electron chi connectivity index (χ2n) is 4.41. The van der Waals surface area contributed by atoms with Gasteiger partial charge >= 0.3 is 0 Å². The fourth-order valence-corrected chi connectivity index (χ4v) is 3.18. The summed E-state index contributed by atoms with van der Waals surface area (Å²) in [5.74, 6) is 0.805. The van der Waals surface area contributed by atoms with E-state index in [2.05, 4.69) is 29.8 Å². The van der Waals surface area contributed by atoms with Gasteiger partial charge in [0.1, 0.15) is 5.78 Å². The number of hydrogen-bond donors (Lipinski definition) is 1. The third-order valence-corrected chi connectivity index (χ3v) is 4.10. The van der Waals surface area contributed by atoms with Crippen LogP contribution in [0.2, 0.25) is 0 Å². The van der Waals surface area contributed by atoms with E-state index in [1.54, 1.807) is 11.3 Å². The first-order valence-corrected chi connectivity index (χ1v) is 7.11. The van der Waals surface area contributed by atoms with Crippen LogP contribution in [0, 0.1) is 11.8 Å². The van der Waals surface area contributed by atoms with E-state index in [0.29, 0.717) is 18.9 Å². The molecule has 2 N–H and O–H groups in total. The van der Waals surface area contributed by atoms with Crippen molar-refractivity contribution in [3.63, 3.8) is 0 Å². The molecule has 1 aromatic heterocycles. The SMILES string of the molecule is CC(C)CC(CN)C(=O)Cc1ccc(Br)s1. The van der Waals surface area contributed by atoms with Gasteiger partial charge in [0.25, 0.3) is 0 Å². The van der Waals surface area contributed by atoms with Gasteiger partial charge in [-0.3, -0.25) is 4.79 Å². The predicted molar refractivity (Wildman–Crippen MR) is 72.7 cm³/mol. The van der Waals surface area contributed by atoms with Crippen molar-refractivity contribution in [3.05, 3.63) is 20.8 Å². The molecule has 0 bridgehead atoms. The summed E-state index contributed by atoms with van der Waals surface area (Å²) < 4.78 is 1.07. The maximum atomic E-state index is 12.0. The zero-order valence-corrected chi connectivity index (χ0v) is 12.1. The lowest BCUT2D eigenvalue weighted by Crippen LogP contribution is -2.26. The minimum atomic E-state index is 0.0147. The quantitative estimate of drug-likeness (QED) is 0.876. The maximum absolute atomic E-state index is 12.0. The number of halogens is 1. The topological polar surface area (TPSA) is 43.1 Å². The Bertz CT molecular complexity index is 349. The average molecular weight is 304 g/mol. The van der Waals surface area contributed by atoms with Crippen molar-refractivity contribution in [2.24, 2.45) is 17.6 Å². The molecule has 0 amide bonds. The van der Waals surface area contributed by atoms with Gasteiger partial charge in [-0.1, -0.05) is 13.8 Å². The van der Waals surface area contributed by atoms with E-state index in [4.69, 9.17) is 5.73 Å². The molecule has 1 aromatic rings. The molecular weight excluding hydrogens is 286 g/mol. The molecule has 4 heteroatoms. The third kappa shape index (κ3) is 4.36. The Labute approximate surface area is 109 Å². The Morgan fingerprint density at radius 3 is 2.62 bits per heavy atom. The van der Waals surface area contributed by atoms with Gasteiger partial charge in [0.15, 0.2) is 0 Å². The van der Waals surface area contributed by atoms with Crippen molar-refractivity contribution in [1.29, 1.82) is 0 Å². The lowest BCUT2D eigenvalue weighted by Gasteiger charge is -2.15. The number of nitrogens with two attached hydrogens (primary N) is 1. The molecule has 0 aromatic carbocycles. The number of thiophene rings is 1. The molecule has 1 unspecified atom stereocenters. The molecule has 0 saturated carbocycles. The van der Waals surface area contributed by atoms with Crippen molar-refractivity contribution in [1.82, 2.24) is 0 Å². The first-order chi connectivity index (χ1) is 7.52. The summed E-state index contributed by atoms with van der Waals surface area (Å²) in [6, 6.07) is 3.97. The summed E-state index contributed by atoms with van der Waals surface area (Å²) in [6.07, 6.45) is 1.41. The highest BCUT2D eigenvalue weighted by Crippen LogP contribution is 2.24. The largest absolute Gasteiger partial charge is 0.330 e. The van der Waals surface area contributed by atoms with E-state index < -0.39 is 0 Å². The third-order valence-electron chi connectivity index (χ3n) is 2.47. The van der Waals surface area contributed by atoms with Crippen LogP contribution in [-0.4, -0.2) is 12.3 Å². The molecule has 0 saturated heterocycles. The van der Waals surface area contributed by atoms with Crippen LogP contribution in [0.3, 0.4) is 0 Å². The lowest BCUT2D eigenvalue weighted by atomic mass is 9.91. The Morgan fingerprint density at radius 2 is 2.19 bits per heavy atom. The molecule has 0 aliphatic carbocycles. The average Bonchev–Trinajstić information content (AvgIpc) is 2.60. The van der Waals surface area contributed by atoms with Gasteiger partial charge in [-0.2, -0.15) is 0 Å². The molecule has 2 nitrogen and oxygen atoms in total. The minimum Gasteiger partial charge on any atom is -0.330 e. The Hall–Kier alpha value is -0.190. The van der Waals surface area contributed by atoms with Crippen LogP contribution in [0.1, 0.15) is 25.1 Å². The summed E-state index contributed by atoms with van der Waals surface area (Å²) in [7, 11) is 0. The Balaban J connectivity index is 2.55. The monoisotopic (exact) mass is 303 g/mol. The minimum absolute atomic E-state index is 0.0147.